The van der Waals surface area contributed by atoms with Crippen LogP contribution in [0, 0.1) is 5.92 Å². The van der Waals surface area contributed by atoms with Crippen LogP contribution in [0.15, 0.2) is 12.2 Å². The van der Waals surface area contributed by atoms with Crippen molar-refractivity contribution in [2.75, 3.05) is 7.11 Å². The van der Waals surface area contributed by atoms with Gasteiger partial charge in [0.05, 0.1) is 7.11 Å². The quantitative estimate of drug-likeness (QED) is 0.627. The van der Waals surface area contributed by atoms with E-state index in [1.165, 1.54) is 7.11 Å². The summed E-state index contributed by atoms with van der Waals surface area (Å²) in [6.07, 6.45) is 11.3. The van der Waals surface area contributed by atoms with Gasteiger partial charge in [0.2, 0.25) is 5.91 Å². The van der Waals surface area contributed by atoms with Crippen LogP contribution in [-0.4, -0.2) is 24.5 Å². The Morgan fingerprint density at radius 3 is 2.63 bits per heavy atom. The molecule has 0 aromatic rings. The molecule has 1 N–H and O–H groups in total. The Hall–Kier alpha value is -1.32. The Balaban J connectivity index is 1.96. The maximum Gasteiger partial charge on any atom is 0.331 e. The Morgan fingerprint density at radius 1 is 1.32 bits per heavy atom. The predicted octanol–water partition coefficient (Wildman–Crippen LogP) is 2.33. The van der Waals surface area contributed by atoms with Gasteiger partial charge < -0.3 is 10.1 Å². The first kappa shape index (κ1) is 14.1. The topological polar surface area (TPSA) is 55.4 Å². The zero-order chi connectivity index (χ0) is 13.7. The summed E-state index contributed by atoms with van der Waals surface area (Å²) in [6.45, 7) is 0. The first-order valence-electron chi connectivity index (χ1n) is 7.22. The Bertz CT molecular complexity index is 370. The molecule has 1 saturated carbocycles. The van der Waals surface area contributed by atoms with Crippen molar-refractivity contribution in [2.24, 2.45) is 5.92 Å². The van der Waals surface area contributed by atoms with Crippen LogP contribution in [-0.2, 0) is 14.3 Å². The van der Waals surface area contributed by atoms with Crippen LogP contribution < -0.4 is 5.32 Å². The van der Waals surface area contributed by atoms with Gasteiger partial charge in [0, 0.05) is 6.42 Å². The maximum atomic E-state index is 12.1. The van der Waals surface area contributed by atoms with Crippen molar-refractivity contribution in [2.45, 2.75) is 56.9 Å². The number of rotatable bonds is 4. The van der Waals surface area contributed by atoms with E-state index >= 15 is 0 Å². The van der Waals surface area contributed by atoms with Crippen molar-refractivity contribution in [1.29, 1.82) is 0 Å². The molecule has 0 saturated heterocycles. The zero-order valence-electron chi connectivity index (χ0n) is 11.6. The monoisotopic (exact) mass is 265 g/mol. The molecule has 1 fully saturated rings. The van der Waals surface area contributed by atoms with Crippen molar-refractivity contribution in [3.05, 3.63) is 12.2 Å². The van der Waals surface area contributed by atoms with Crippen LogP contribution in [0.5, 0.6) is 0 Å². The maximum absolute atomic E-state index is 12.1. The standard InChI is InChI=1S/C15H23NO3/c1-19-14(18)15(9-5-2-6-10-15)16-13(17)11-12-7-3-4-8-12/h3,7,12H,2,4-6,8-11H2,1H3,(H,16,17). The van der Waals surface area contributed by atoms with Crippen molar-refractivity contribution in [3.63, 3.8) is 0 Å². The van der Waals surface area contributed by atoms with Gasteiger partial charge in [0.25, 0.3) is 0 Å². The largest absolute Gasteiger partial charge is 0.467 e. The van der Waals surface area contributed by atoms with Gasteiger partial charge in [-0.1, -0.05) is 31.4 Å². The van der Waals surface area contributed by atoms with E-state index in [2.05, 4.69) is 17.5 Å². The number of nitrogens with one attached hydrogen (secondary N) is 1. The highest BCUT2D eigenvalue weighted by Crippen LogP contribution is 2.30. The molecule has 1 amide bonds. The number of carbonyl (C=O) groups is 2. The van der Waals surface area contributed by atoms with E-state index in [0.29, 0.717) is 25.2 Å². The van der Waals surface area contributed by atoms with Gasteiger partial charge in [-0.3, -0.25) is 4.79 Å². The lowest BCUT2D eigenvalue weighted by atomic mass is 9.81. The lowest BCUT2D eigenvalue weighted by Gasteiger charge is -2.35. The van der Waals surface area contributed by atoms with Gasteiger partial charge in [-0.15, -0.1) is 0 Å². The summed E-state index contributed by atoms with van der Waals surface area (Å²) in [5, 5.41) is 2.96. The van der Waals surface area contributed by atoms with Crippen LogP contribution >= 0.6 is 0 Å². The lowest BCUT2D eigenvalue weighted by molar-refractivity contribution is -0.152. The highest BCUT2D eigenvalue weighted by Gasteiger charge is 2.42. The summed E-state index contributed by atoms with van der Waals surface area (Å²) in [5.41, 5.74) is -0.771. The molecule has 4 heteroatoms. The molecule has 0 radical (unpaired) electrons. The minimum absolute atomic E-state index is 0.0242. The zero-order valence-corrected chi connectivity index (χ0v) is 11.6. The van der Waals surface area contributed by atoms with Crippen molar-refractivity contribution in [3.8, 4) is 0 Å². The molecule has 0 aromatic carbocycles. The number of hydrogen-bond donors (Lipinski definition) is 1. The van der Waals surface area contributed by atoms with Crippen LogP contribution in [0.3, 0.4) is 0 Å². The molecule has 1 atom stereocenters. The summed E-state index contributed by atoms with van der Waals surface area (Å²) in [7, 11) is 1.39. The van der Waals surface area contributed by atoms with Crippen molar-refractivity contribution in [1.82, 2.24) is 5.32 Å². The first-order valence-corrected chi connectivity index (χ1v) is 7.22. The van der Waals surface area contributed by atoms with E-state index in [0.717, 1.165) is 32.1 Å². The highest BCUT2D eigenvalue weighted by atomic mass is 16.5. The summed E-state index contributed by atoms with van der Waals surface area (Å²) in [5.74, 6) is 0.0182. The van der Waals surface area contributed by atoms with Crippen molar-refractivity contribution < 1.29 is 14.3 Å². The van der Waals surface area contributed by atoms with Gasteiger partial charge in [0.1, 0.15) is 5.54 Å². The van der Waals surface area contributed by atoms with Gasteiger partial charge in [0.15, 0.2) is 0 Å². The second kappa shape index (κ2) is 6.22. The number of esters is 1. The molecule has 0 heterocycles. The second-order valence-electron chi connectivity index (χ2n) is 5.65. The van der Waals surface area contributed by atoms with Crippen molar-refractivity contribution >= 4 is 11.9 Å². The number of allylic oxidation sites excluding steroid dienone is 2. The predicted molar refractivity (Wildman–Crippen MR) is 72.5 cm³/mol. The van der Waals surface area contributed by atoms with Crippen LogP contribution in [0.25, 0.3) is 0 Å². The lowest BCUT2D eigenvalue weighted by Crippen LogP contribution is -2.56. The third kappa shape index (κ3) is 3.37. The average Bonchev–Trinajstić information content (AvgIpc) is 2.91. The molecule has 2 aliphatic carbocycles. The molecule has 4 nitrogen and oxygen atoms in total. The fraction of sp³-hybridized carbons (Fsp3) is 0.733. The molecular formula is C15H23NO3. The molecule has 1 unspecified atom stereocenters. The number of methoxy groups -OCH3 is 1. The van der Waals surface area contributed by atoms with E-state index in [9.17, 15) is 9.59 Å². The number of hydrogen-bond acceptors (Lipinski definition) is 3. The third-order valence-corrected chi connectivity index (χ3v) is 4.22. The first-order chi connectivity index (χ1) is 9.16. The Kier molecular flexibility index (Phi) is 4.61. The molecule has 19 heavy (non-hydrogen) atoms. The second-order valence-corrected chi connectivity index (χ2v) is 5.65. The van der Waals surface area contributed by atoms with Gasteiger partial charge in [-0.05, 0) is 31.6 Å². The molecule has 2 rings (SSSR count). The minimum Gasteiger partial charge on any atom is -0.467 e. The minimum atomic E-state index is -0.771. The molecule has 0 aromatic heterocycles. The summed E-state index contributed by atoms with van der Waals surface area (Å²) >= 11 is 0. The third-order valence-electron chi connectivity index (χ3n) is 4.22. The fourth-order valence-electron chi connectivity index (χ4n) is 3.15. The number of ether oxygens (including phenoxy) is 1. The molecule has 0 spiro atoms. The summed E-state index contributed by atoms with van der Waals surface area (Å²) in [4.78, 5) is 24.2. The fourth-order valence-corrected chi connectivity index (χ4v) is 3.15. The highest BCUT2D eigenvalue weighted by molar-refractivity contribution is 5.88. The van der Waals surface area contributed by atoms with Gasteiger partial charge in [-0.2, -0.15) is 0 Å². The number of carbonyl (C=O) groups excluding carboxylic acids is 2. The molecule has 0 aliphatic heterocycles. The summed E-state index contributed by atoms with van der Waals surface area (Å²) < 4.78 is 4.90. The summed E-state index contributed by atoms with van der Waals surface area (Å²) in [6, 6.07) is 0. The smallest absolute Gasteiger partial charge is 0.331 e. The van der Waals surface area contributed by atoms with E-state index < -0.39 is 5.54 Å². The van der Waals surface area contributed by atoms with Crippen LogP contribution in [0.2, 0.25) is 0 Å². The molecule has 106 valence electrons. The van der Waals surface area contributed by atoms with Gasteiger partial charge >= 0.3 is 5.97 Å². The van der Waals surface area contributed by atoms with E-state index in [-0.39, 0.29) is 11.9 Å². The average molecular weight is 265 g/mol. The molecule has 2 aliphatic rings. The Labute approximate surface area is 114 Å². The molecular weight excluding hydrogens is 242 g/mol. The van der Waals surface area contributed by atoms with E-state index in [1.807, 2.05) is 0 Å². The SMILES string of the molecule is COC(=O)C1(NC(=O)CC2C=CCC2)CCCCC1. The van der Waals surface area contributed by atoms with E-state index in [4.69, 9.17) is 4.74 Å². The van der Waals surface area contributed by atoms with E-state index in [1.54, 1.807) is 0 Å². The molecule has 0 bridgehead atoms. The van der Waals surface area contributed by atoms with Crippen LogP contribution in [0.1, 0.15) is 51.4 Å². The Morgan fingerprint density at radius 2 is 2.05 bits per heavy atom. The normalized spacial score (nSPS) is 25.0. The van der Waals surface area contributed by atoms with Crippen LogP contribution in [0.4, 0.5) is 0 Å². The number of amides is 1. The van der Waals surface area contributed by atoms with Gasteiger partial charge in [-0.25, -0.2) is 4.79 Å².